The summed E-state index contributed by atoms with van der Waals surface area (Å²) in [7, 11) is 0. The van der Waals surface area contributed by atoms with Crippen LogP contribution in [0.2, 0.25) is 0 Å². The molecule has 0 rings (SSSR count). The van der Waals surface area contributed by atoms with E-state index in [0.29, 0.717) is 0 Å². The average Bonchev–Trinajstić information content (AvgIpc) is 2.26. The third kappa shape index (κ3) is 13.9. The lowest BCUT2D eigenvalue weighted by Gasteiger charge is -2.03. The van der Waals surface area contributed by atoms with Crippen LogP contribution in [0, 0.1) is 0 Å². The fraction of sp³-hybridized carbons (Fsp3) is 1.00. The maximum absolute atomic E-state index is 5.09. The molecule has 0 bridgehead atoms. The van der Waals surface area contributed by atoms with Gasteiger partial charge >= 0.3 is 0 Å². The second kappa shape index (κ2) is 13.9. The molecule has 0 amide bonds. The van der Waals surface area contributed by atoms with Crippen molar-refractivity contribution in [1.82, 2.24) is 0 Å². The Morgan fingerprint density at radius 2 is 0.933 bits per heavy atom. The van der Waals surface area contributed by atoms with Crippen LogP contribution in [0.15, 0.2) is 0 Å². The first-order chi connectivity index (χ1) is 7.41. The second-order valence-corrected chi connectivity index (χ2v) is 4.12. The van der Waals surface area contributed by atoms with Gasteiger partial charge in [-0.1, -0.05) is 58.8 Å². The van der Waals surface area contributed by atoms with Crippen molar-refractivity contribution in [3.05, 3.63) is 0 Å². The molecule has 15 heavy (non-hydrogen) atoms. The summed E-state index contributed by atoms with van der Waals surface area (Å²) in [6.07, 6.45) is 11.4. The topological polar surface area (TPSA) is 18.5 Å². The van der Waals surface area contributed by atoms with Crippen molar-refractivity contribution in [2.75, 3.05) is 13.2 Å². The van der Waals surface area contributed by atoms with E-state index in [1.165, 1.54) is 44.9 Å². The molecule has 0 saturated heterocycles. The van der Waals surface area contributed by atoms with Crippen molar-refractivity contribution in [3.63, 3.8) is 0 Å². The molecular weight excluding hydrogens is 188 g/mol. The largest absolute Gasteiger partial charge is 0.237 e. The number of unbranched alkanes of at least 4 members (excludes halogenated alkanes) is 7. The molecule has 0 unspecified atom stereocenters. The Hall–Kier alpha value is -0.0800. The van der Waals surface area contributed by atoms with Crippen LogP contribution in [0.25, 0.3) is 0 Å². The molecule has 0 aromatic carbocycles. The molecular formula is C13H28O2. The van der Waals surface area contributed by atoms with Gasteiger partial charge in [-0.15, -0.1) is 0 Å². The van der Waals surface area contributed by atoms with E-state index < -0.39 is 0 Å². The van der Waals surface area contributed by atoms with E-state index in [1.807, 2.05) is 0 Å². The molecule has 0 atom stereocenters. The van der Waals surface area contributed by atoms with Crippen molar-refractivity contribution in [2.24, 2.45) is 0 Å². The monoisotopic (exact) mass is 216 g/mol. The fourth-order valence-electron chi connectivity index (χ4n) is 1.47. The highest BCUT2D eigenvalue weighted by molar-refractivity contribution is 4.42. The zero-order valence-electron chi connectivity index (χ0n) is 10.6. The third-order valence-corrected chi connectivity index (χ3v) is 2.50. The fourth-order valence-corrected chi connectivity index (χ4v) is 1.47. The van der Waals surface area contributed by atoms with Gasteiger partial charge in [-0.3, -0.25) is 0 Å². The minimum atomic E-state index is 0.754. The highest BCUT2D eigenvalue weighted by Gasteiger charge is 1.92. The Bertz CT molecular complexity index is 92.7. The summed E-state index contributed by atoms with van der Waals surface area (Å²) in [6.45, 7) is 5.95. The van der Waals surface area contributed by atoms with Crippen molar-refractivity contribution in [3.8, 4) is 0 Å². The van der Waals surface area contributed by atoms with E-state index in [0.717, 1.165) is 26.1 Å². The first-order valence-corrected chi connectivity index (χ1v) is 6.66. The summed E-state index contributed by atoms with van der Waals surface area (Å²) >= 11 is 0. The van der Waals surface area contributed by atoms with E-state index in [4.69, 9.17) is 9.78 Å². The molecule has 0 aliphatic heterocycles. The SMILES string of the molecule is CCCCCCCCOOCCCCC. The molecule has 0 fully saturated rings. The van der Waals surface area contributed by atoms with E-state index in [1.54, 1.807) is 0 Å². The molecule has 2 heteroatoms. The van der Waals surface area contributed by atoms with Crippen molar-refractivity contribution >= 4 is 0 Å². The number of hydrogen-bond acceptors (Lipinski definition) is 2. The zero-order valence-corrected chi connectivity index (χ0v) is 10.6. The van der Waals surface area contributed by atoms with Gasteiger partial charge in [0.2, 0.25) is 0 Å². The van der Waals surface area contributed by atoms with Gasteiger partial charge in [-0.05, 0) is 12.8 Å². The van der Waals surface area contributed by atoms with Crippen molar-refractivity contribution in [1.29, 1.82) is 0 Å². The Balaban J connectivity index is 2.81. The Morgan fingerprint density at radius 3 is 1.53 bits per heavy atom. The molecule has 2 nitrogen and oxygen atoms in total. The van der Waals surface area contributed by atoms with Gasteiger partial charge < -0.3 is 0 Å². The summed E-state index contributed by atoms with van der Waals surface area (Å²) in [4.78, 5) is 10.2. The molecule has 0 heterocycles. The molecule has 0 aromatic heterocycles. The second-order valence-electron chi connectivity index (χ2n) is 4.12. The highest BCUT2D eigenvalue weighted by Crippen LogP contribution is 2.05. The average molecular weight is 216 g/mol. The van der Waals surface area contributed by atoms with Crippen LogP contribution in [0.3, 0.4) is 0 Å². The van der Waals surface area contributed by atoms with E-state index >= 15 is 0 Å². The van der Waals surface area contributed by atoms with Gasteiger partial charge in [-0.2, -0.15) is 0 Å². The van der Waals surface area contributed by atoms with E-state index in [2.05, 4.69) is 13.8 Å². The minimum Gasteiger partial charge on any atom is -0.237 e. The lowest BCUT2D eigenvalue weighted by molar-refractivity contribution is -0.295. The van der Waals surface area contributed by atoms with Crippen LogP contribution < -0.4 is 0 Å². The normalized spacial score (nSPS) is 10.8. The van der Waals surface area contributed by atoms with E-state index in [-0.39, 0.29) is 0 Å². The zero-order chi connectivity index (χ0) is 11.2. The summed E-state index contributed by atoms with van der Waals surface area (Å²) in [5, 5.41) is 0. The maximum Gasteiger partial charge on any atom is 0.0822 e. The lowest BCUT2D eigenvalue weighted by atomic mass is 10.1. The van der Waals surface area contributed by atoms with E-state index in [9.17, 15) is 0 Å². The number of hydrogen-bond donors (Lipinski definition) is 0. The predicted molar refractivity (Wildman–Crippen MR) is 64.8 cm³/mol. The van der Waals surface area contributed by atoms with Gasteiger partial charge in [0.1, 0.15) is 0 Å². The van der Waals surface area contributed by atoms with Crippen LogP contribution >= 0.6 is 0 Å². The first kappa shape index (κ1) is 14.9. The predicted octanol–water partition coefficient (Wildman–Crippen LogP) is 4.49. The minimum absolute atomic E-state index is 0.754. The highest BCUT2D eigenvalue weighted by atomic mass is 17.2. The molecule has 0 aliphatic rings. The van der Waals surface area contributed by atoms with Crippen LogP contribution in [0.1, 0.15) is 71.6 Å². The van der Waals surface area contributed by atoms with Gasteiger partial charge in [-0.25, -0.2) is 9.78 Å². The first-order valence-electron chi connectivity index (χ1n) is 6.66. The van der Waals surface area contributed by atoms with Crippen LogP contribution in [-0.2, 0) is 9.78 Å². The number of rotatable bonds is 12. The smallest absolute Gasteiger partial charge is 0.0822 e. The molecule has 92 valence electrons. The van der Waals surface area contributed by atoms with Crippen LogP contribution in [0.4, 0.5) is 0 Å². The van der Waals surface area contributed by atoms with Gasteiger partial charge in [0.25, 0.3) is 0 Å². The van der Waals surface area contributed by atoms with Crippen LogP contribution in [-0.4, -0.2) is 13.2 Å². The van der Waals surface area contributed by atoms with Gasteiger partial charge in [0.15, 0.2) is 0 Å². The third-order valence-electron chi connectivity index (χ3n) is 2.50. The maximum atomic E-state index is 5.09. The van der Waals surface area contributed by atoms with Crippen molar-refractivity contribution in [2.45, 2.75) is 71.6 Å². The van der Waals surface area contributed by atoms with Gasteiger partial charge in [0.05, 0.1) is 13.2 Å². The summed E-state index contributed by atoms with van der Waals surface area (Å²) in [5.41, 5.74) is 0. The molecule has 0 radical (unpaired) electrons. The Labute approximate surface area is 95.3 Å². The molecule has 0 aliphatic carbocycles. The summed E-state index contributed by atoms with van der Waals surface area (Å²) < 4.78 is 0. The lowest BCUT2D eigenvalue weighted by Crippen LogP contribution is -1.98. The Kier molecular flexibility index (Phi) is 13.8. The standard InChI is InChI=1S/C13H28O2/c1-3-5-7-8-9-11-13-15-14-12-10-6-4-2/h3-13H2,1-2H3. The Morgan fingerprint density at radius 1 is 0.533 bits per heavy atom. The molecule has 0 spiro atoms. The molecule has 0 aromatic rings. The summed E-state index contributed by atoms with van der Waals surface area (Å²) in [5.74, 6) is 0. The summed E-state index contributed by atoms with van der Waals surface area (Å²) in [6, 6.07) is 0. The van der Waals surface area contributed by atoms with Crippen LogP contribution in [0.5, 0.6) is 0 Å². The molecule has 0 saturated carbocycles. The molecule has 0 N–H and O–H groups in total. The quantitative estimate of drug-likeness (QED) is 0.272. The van der Waals surface area contributed by atoms with Crippen molar-refractivity contribution < 1.29 is 9.78 Å². The van der Waals surface area contributed by atoms with Gasteiger partial charge in [0, 0.05) is 0 Å².